The highest BCUT2D eigenvalue weighted by Crippen LogP contribution is 2.25. The summed E-state index contributed by atoms with van der Waals surface area (Å²) in [6, 6.07) is 7.60. The number of hydrogen-bond donors (Lipinski definition) is 1. The fourth-order valence-electron chi connectivity index (χ4n) is 2.47. The van der Waals surface area contributed by atoms with E-state index in [0.717, 1.165) is 29.2 Å². The third kappa shape index (κ3) is 5.26. The summed E-state index contributed by atoms with van der Waals surface area (Å²) >= 11 is 3.00. The first kappa shape index (κ1) is 17.8. The average molecular weight is 377 g/mol. The molecule has 1 aliphatic rings. The van der Waals surface area contributed by atoms with Gasteiger partial charge in [-0.15, -0.1) is 22.7 Å². The third-order valence-electron chi connectivity index (χ3n) is 3.72. The van der Waals surface area contributed by atoms with E-state index in [1.54, 1.807) is 6.08 Å². The van der Waals surface area contributed by atoms with Gasteiger partial charge in [0.05, 0.1) is 11.7 Å². The SMILES string of the molecule is O=C(COC(=O)/C(=C/c1cccs1)c1cccs1)NC[C@H]1CCCO1. The van der Waals surface area contributed by atoms with Crippen LogP contribution in [0.3, 0.4) is 0 Å². The molecule has 1 fully saturated rings. The predicted octanol–water partition coefficient (Wildman–Crippen LogP) is 3.19. The zero-order valence-corrected chi connectivity index (χ0v) is 15.2. The molecule has 0 aromatic carbocycles. The lowest BCUT2D eigenvalue weighted by molar-refractivity contribution is -0.143. The van der Waals surface area contributed by atoms with Crippen molar-refractivity contribution >= 4 is 46.2 Å². The Morgan fingerprint density at radius 1 is 1.28 bits per heavy atom. The van der Waals surface area contributed by atoms with Gasteiger partial charge < -0.3 is 14.8 Å². The minimum absolute atomic E-state index is 0.0695. The first-order valence-corrected chi connectivity index (χ1v) is 9.83. The molecule has 1 saturated heterocycles. The van der Waals surface area contributed by atoms with Crippen LogP contribution in [0, 0.1) is 0 Å². The molecule has 0 unspecified atom stereocenters. The summed E-state index contributed by atoms with van der Waals surface area (Å²) in [4.78, 5) is 26.1. The number of carbonyl (C=O) groups is 2. The fraction of sp³-hybridized carbons (Fsp3) is 0.333. The van der Waals surface area contributed by atoms with Gasteiger partial charge in [0.1, 0.15) is 0 Å². The molecule has 1 N–H and O–H groups in total. The first-order valence-electron chi connectivity index (χ1n) is 8.07. The number of ether oxygens (including phenoxy) is 2. The van der Waals surface area contributed by atoms with Crippen LogP contribution >= 0.6 is 22.7 Å². The highest BCUT2D eigenvalue weighted by Gasteiger charge is 2.19. The molecule has 1 atom stereocenters. The van der Waals surface area contributed by atoms with Gasteiger partial charge in [-0.1, -0.05) is 12.1 Å². The molecule has 5 nitrogen and oxygen atoms in total. The van der Waals surface area contributed by atoms with E-state index in [2.05, 4.69) is 5.32 Å². The molecule has 0 spiro atoms. The van der Waals surface area contributed by atoms with Crippen molar-refractivity contribution in [1.82, 2.24) is 5.32 Å². The van der Waals surface area contributed by atoms with Gasteiger partial charge in [-0.05, 0) is 41.8 Å². The molecule has 25 heavy (non-hydrogen) atoms. The standard InChI is InChI=1S/C18H19NO4S2/c20-17(19-11-13-4-1-7-22-13)12-23-18(21)15(16-6-3-9-25-16)10-14-5-2-8-24-14/h2-3,5-6,8-10,13H,1,4,7,11-12H2,(H,19,20)/b15-10+/t13-/m1/s1. The van der Waals surface area contributed by atoms with E-state index in [9.17, 15) is 9.59 Å². The highest BCUT2D eigenvalue weighted by atomic mass is 32.1. The third-order valence-corrected chi connectivity index (χ3v) is 5.44. The van der Waals surface area contributed by atoms with Gasteiger partial charge in [-0.25, -0.2) is 4.79 Å². The summed E-state index contributed by atoms with van der Waals surface area (Å²) in [5.41, 5.74) is 0.462. The van der Waals surface area contributed by atoms with Crippen molar-refractivity contribution in [1.29, 1.82) is 0 Å². The largest absolute Gasteiger partial charge is 0.452 e. The van der Waals surface area contributed by atoms with Gasteiger partial charge in [-0.2, -0.15) is 0 Å². The molecular weight excluding hydrogens is 358 g/mol. The molecule has 1 amide bonds. The second-order valence-electron chi connectivity index (χ2n) is 5.57. The number of esters is 1. The molecule has 0 saturated carbocycles. The lowest BCUT2D eigenvalue weighted by Gasteiger charge is -2.11. The summed E-state index contributed by atoms with van der Waals surface area (Å²) in [7, 11) is 0. The Morgan fingerprint density at radius 2 is 2.12 bits per heavy atom. The van der Waals surface area contributed by atoms with E-state index in [1.165, 1.54) is 22.7 Å². The van der Waals surface area contributed by atoms with Gasteiger partial charge >= 0.3 is 5.97 Å². The number of nitrogens with one attached hydrogen (secondary N) is 1. The normalized spacial score (nSPS) is 17.4. The molecule has 132 valence electrons. The second kappa shape index (κ2) is 8.94. The Labute approximate surface area is 154 Å². The maximum atomic E-state index is 12.4. The quantitative estimate of drug-likeness (QED) is 0.595. The first-order chi connectivity index (χ1) is 12.2. The van der Waals surface area contributed by atoms with Gasteiger partial charge in [0, 0.05) is 22.9 Å². The smallest absolute Gasteiger partial charge is 0.340 e. The molecule has 2 aromatic heterocycles. The second-order valence-corrected chi connectivity index (χ2v) is 7.49. The molecule has 0 radical (unpaired) electrons. The lowest BCUT2D eigenvalue weighted by atomic mass is 10.2. The maximum Gasteiger partial charge on any atom is 0.340 e. The minimum Gasteiger partial charge on any atom is -0.452 e. The van der Waals surface area contributed by atoms with Crippen LogP contribution in [0.1, 0.15) is 22.6 Å². The number of rotatable bonds is 7. The van der Waals surface area contributed by atoms with Gasteiger partial charge in [-0.3, -0.25) is 4.79 Å². The van der Waals surface area contributed by atoms with Crippen molar-refractivity contribution in [3.63, 3.8) is 0 Å². The van der Waals surface area contributed by atoms with Gasteiger partial charge in [0.25, 0.3) is 5.91 Å². The number of amides is 1. The van der Waals surface area contributed by atoms with Crippen molar-refractivity contribution < 1.29 is 19.1 Å². The van der Waals surface area contributed by atoms with Crippen molar-refractivity contribution in [2.45, 2.75) is 18.9 Å². The highest BCUT2D eigenvalue weighted by molar-refractivity contribution is 7.12. The van der Waals surface area contributed by atoms with Crippen molar-refractivity contribution in [3.8, 4) is 0 Å². The van der Waals surface area contributed by atoms with E-state index in [-0.39, 0.29) is 18.6 Å². The van der Waals surface area contributed by atoms with Crippen LogP contribution in [0.25, 0.3) is 11.6 Å². The summed E-state index contributed by atoms with van der Waals surface area (Å²) < 4.78 is 10.7. The molecule has 3 rings (SSSR count). The average Bonchev–Trinajstić information content (AvgIpc) is 3.38. The van der Waals surface area contributed by atoms with Crippen LogP contribution in [-0.2, 0) is 19.1 Å². The van der Waals surface area contributed by atoms with E-state index in [4.69, 9.17) is 9.47 Å². The van der Waals surface area contributed by atoms with Crippen LogP contribution in [0.5, 0.6) is 0 Å². The maximum absolute atomic E-state index is 12.4. The van der Waals surface area contributed by atoms with E-state index in [0.29, 0.717) is 12.1 Å². The van der Waals surface area contributed by atoms with Crippen LogP contribution in [0.4, 0.5) is 0 Å². The predicted molar refractivity (Wildman–Crippen MR) is 99.5 cm³/mol. The van der Waals surface area contributed by atoms with Crippen LogP contribution < -0.4 is 5.32 Å². The zero-order chi connectivity index (χ0) is 17.5. The van der Waals surface area contributed by atoms with Crippen molar-refractivity contribution in [3.05, 3.63) is 44.8 Å². The summed E-state index contributed by atoms with van der Waals surface area (Å²) in [5, 5.41) is 6.59. The molecule has 0 bridgehead atoms. The van der Waals surface area contributed by atoms with Gasteiger partial charge in [0.15, 0.2) is 6.61 Å². The molecular formula is C18H19NO4S2. The molecule has 7 heteroatoms. The summed E-state index contributed by atoms with van der Waals surface area (Å²) in [6.45, 7) is 0.908. The number of carbonyl (C=O) groups excluding carboxylic acids is 2. The minimum atomic E-state index is -0.497. The molecule has 3 heterocycles. The molecule has 2 aromatic rings. The number of hydrogen-bond acceptors (Lipinski definition) is 6. The topological polar surface area (TPSA) is 64.6 Å². The summed E-state index contributed by atoms with van der Waals surface area (Å²) in [5.74, 6) is -0.811. The monoisotopic (exact) mass is 377 g/mol. The Hall–Kier alpha value is -1.96. The lowest BCUT2D eigenvalue weighted by Crippen LogP contribution is -2.34. The van der Waals surface area contributed by atoms with Crippen LogP contribution in [-0.4, -0.2) is 37.7 Å². The van der Waals surface area contributed by atoms with Crippen molar-refractivity contribution in [2.24, 2.45) is 0 Å². The Balaban J connectivity index is 1.56. The van der Waals surface area contributed by atoms with Gasteiger partial charge in [0.2, 0.25) is 0 Å². The van der Waals surface area contributed by atoms with Crippen LogP contribution in [0.2, 0.25) is 0 Å². The van der Waals surface area contributed by atoms with Crippen molar-refractivity contribution in [2.75, 3.05) is 19.8 Å². The Bertz CT molecular complexity index is 716. The Kier molecular flexibility index (Phi) is 6.38. The zero-order valence-electron chi connectivity index (χ0n) is 13.6. The number of thiophene rings is 2. The van der Waals surface area contributed by atoms with Crippen LogP contribution in [0.15, 0.2) is 35.0 Å². The van der Waals surface area contributed by atoms with E-state index >= 15 is 0 Å². The Morgan fingerprint density at radius 3 is 2.80 bits per heavy atom. The van der Waals surface area contributed by atoms with E-state index < -0.39 is 5.97 Å². The fourth-order valence-corrected chi connectivity index (χ4v) is 3.86. The molecule has 0 aliphatic carbocycles. The summed E-state index contributed by atoms with van der Waals surface area (Å²) in [6.07, 6.45) is 3.84. The molecule has 1 aliphatic heterocycles. The van der Waals surface area contributed by atoms with E-state index in [1.807, 2.05) is 35.0 Å².